The van der Waals surface area contributed by atoms with Crippen molar-refractivity contribution in [3.05, 3.63) is 94.0 Å². The van der Waals surface area contributed by atoms with Gasteiger partial charge in [0.25, 0.3) is 5.91 Å². The lowest BCUT2D eigenvalue weighted by Gasteiger charge is -2.13. The number of aromatic nitrogens is 2. The van der Waals surface area contributed by atoms with Gasteiger partial charge in [0, 0.05) is 23.6 Å². The van der Waals surface area contributed by atoms with E-state index in [1.165, 1.54) is 24.3 Å². The van der Waals surface area contributed by atoms with Crippen LogP contribution in [0, 0.1) is 19.7 Å². The minimum atomic E-state index is -0.348. The van der Waals surface area contributed by atoms with Crippen LogP contribution in [-0.2, 0) is 13.0 Å². The maximum absolute atomic E-state index is 13.0. The molecule has 0 saturated heterocycles. The molecule has 0 unspecified atom stereocenters. The number of unbranched alkanes of at least 4 members (excludes halogenated alkanes) is 2. The molecule has 3 aromatic carbocycles. The molecular weight excluding hydrogens is 477 g/mol. The Kier molecular flexibility index (Phi) is 8.60. The molecule has 0 fully saturated rings. The lowest BCUT2D eigenvalue weighted by atomic mass is 10.1. The Morgan fingerprint density at radius 1 is 1.03 bits per heavy atom. The molecular formula is C29H31ClFN3O2. The van der Waals surface area contributed by atoms with Gasteiger partial charge in [0.2, 0.25) is 0 Å². The lowest BCUT2D eigenvalue weighted by Crippen LogP contribution is -2.24. The average Bonchev–Trinajstić information content (AvgIpc) is 3.22. The van der Waals surface area contributed by atoms with Crippen molar-refractivity contribution >= 4 is 28.5 Å². The summed E-state index contributed by atoms with van der Waals surface area (Å²) in [6.45, 7) is 5.78. The molecule has 1 heterocycles. The van der Waals surface area contributed by atoms with Crippen LogP contribution in [-0.4, -0.2) is 28.6 Å². The highest BCUT2D eigenvalue weighted by Crippen LogP contribution is 2.26. The van der Waals surface area contributed by atoms with Crippen LogP contribution in [0.3, 0.4) is 0 Å². The Bertz CT molecular complexity index is 1310. The first-order valence-electron chi connectivity index (χ1n) is 12.3. The second kappa shape index (κ2) is 12.0. The van der Waals surface area contributed by atoms with E-state index in [4.69, 9.17) is 21.3 Å². The Labute approximate surface area is 216 Å². The van der Waals surface area contributed by atoms with Gasteiger partial charge in [-0.1, -0.05) is 30.2 Å². The van der Waals surface area contributed by atoms with Crippen molar-refractivity contribution < 1.29 is 13.9 Å². The second-order valence-corrected chi connectivity index (χ2v) is 9.34. The maximum atomic E-state index is 13.0. The summed E-state index contributed by atoms with van der Waals surface area (Å²) in [4.78, 5) is 17.0. The fourth-order valence-corrected chi connectivity index (χ4v) is 4.41. The monoisotopic (exact) mass is 507 g/mol. The zero-order chi connectivity index (χ0) is 25.5. The quantitative estimate of drug-likeness (QED) is 0.231. The van der Waals surface area contributed by atoms with Crippen LogP contribution in [0.4, 0.5) is 4.39 Å². The van der Waals surface area contributed by atoms with Crippen molar-refractivity contribution in [2.24, 2.45) is 0 Å². The molecule has 0 atom stereocenters. The number of benzene rings is 3. The third kappa shape index (κ3) is 6.43. The summed E-state index contributed by atoms with van der Waals surface area (Å²) in [6, 6.07) is 17.7. The van der Waals surface area contributed by atoms with E-state index in [-0.39, 0.29) is 11.7 Å². The van der Waals surface area contributed by atoms with Crippen molar-refractivity contribution in [1.82, 2.24) is 14.9 Å². The summed E-state index contributed by atoms with van der Waals surface area (Å²) in [5.74, 6) is 1.34. The summed E-state index contributed by atoms with van der Waals surface area (Å²) < 4.78 is 21.3. The summed E-state index contributed by atoms with van der Waals surface area (Å²) in [6.07, 6.45) is 3.64. The van der Waals surface area contributed by atoms with Crippen LogP contribution in [0.25, 0.3) is 11.0 Å². The number of ether oxygens (including phenoxy) is 1. The van der Waals surface area contributed by atoms with E-state index in [1.54, 1.807) is 0 Å². The molecule has 36 heavy (non-hydrogen) atoms. The first-order chi connectivity index (χ1) is 17.4. The van der Waals surface area contributed by atoms with Crippen LogP contribution < -0.4 is 10.1 Å². The van der Waals surface area contributed by atoms with E-state index in [9.17, 15) is 9.18 Å². The van der Waals surface area contributed by atoms with Crippen LogP contribution >= 0.6 is 11.6 Å². The zero-order valence-corrected chi connectivity index (χ0v) is 21.4. The molecule has 0 radical (unpaired) electrons. The molecule has 0 aliphatic heterocycles. The molecule has 7 heteroatoms. The van der Waals surface area contributed by atoms with Gasteiger partial charge in [-0.05, 0) is 86.3 Å². The highest BCUT2D eigenvalue weighted by atomic mass is 35.5. The van der Waals surface area contributed by atoms with Crippen LogP contribution in [0.5, 0.6) is 5.75 Å². The number of halogens is 2. The zero-order valence-electron chi connectivity index (χ0n) is 20.7. The fraction of sp³-hybridized carbons (Fsp3) is 0.310. The number of hydrogen-bond donors (Lipinski definition) is 1. The highest BCUT2D eigenvalue weighted by molar-refractivity contribution is 6.32. The van der Waals surface area contributed by atoms with Gasteiger partial charge in [-0.2, -0.15) is 0 Å². The van der Waals surface area contributed by atoms with Crippen molar-refractivity contribution in [3.8, 4) is 5.75 Å². The minimum Gasteiger partial charge on any atom is -0.492 e. The van der Waals surface area contributed by atoms with Gasteiger partial charge in [-0.15, -0.1) is 0 Å². The van der Waals surface area contributed by atoms with Crippen molar-refractivity contribution in [2.75, 3.05) is 13.2 Å². The Morgan fingerprint density at radius 3 is 2.50 bits per heavy atom. The molecule has 0 aliphatic rings. The standard InChI is InChI=1S/C29H31ClFN3O2/c1-20-18-24(19-21(2)28(20)30)36-17-16-34-26-9-6-5-8-25(26)33-27(34)10-4-3-7-15-32-29(35)22-11-13-23(31)14-12-22/h5-6,8-9,11-14,18-19H,3-4,7,10,15-17H2,1-2H3,(H,32,35). The summed E-state index contributed by atoms with van der Waals surface area (Å²) in [5, 5.41) is 3.68. The summed E-state index contributed by atoms with van der Waals surface area (Å²) in [7, 11) is 0. The van der Waals surface area contributed by atoms with Crippen LogP contribution in [0.15, 0.2) is 60.7 Å². The largest absolute Gasteiger partial charge is 0.492 e. The number of para-hydroxylation sites is 2. The first kappa shape index (κ1) is 25.7. The molecule has 4 rings (SSSR count). The van der Waals surface area contributed by atoms with Gasteiger partial charge in [-0.25, -0.2) is 9.37 Å². The molecule has 0 bridgehead atoms. The van der Waals surface area contributed by atoms with Crippen molar-refractivity contribution in [1.29, 1.82) is 0 Å². The van der Waals surface area contributed by atoms with E-state index in [1.807, 2.05) is 44.2 Å². The second-order valence-electron chi connectivity index (χ2n) is 8.96. The summed E-state index contributed by atoms with van der Waals surface area (Å²) in [5.41, 5.74) is 4.57. The summed E-state index contributed by atoms with van der Waals surface area (Å²) >= 11 is 6.28. The number of carbonyl (C=O) groups is 1. The molecule has 1 aromatic heterocycles. The topological polar surface area (TPSA) is 56.1 Å². The number of carbonyl (C=O) groups excluding carboxylic acids is 1. The van der Waals surface area contributed by atoms with Crippen LogP contribution in [0.2, 0.25) is 5.02 Å². The van der Waals surface area contributed by atoms with E-state index in [2.05, 4.69) is 16.0 Å². The SMILES string of the molecule is Cc1cc(OCCn2c(CCCCCNC(=O)c3ccc(F)cc3)nc3ccccc32)cc(C)c1Cl. The van der Waals surface area contributed by atoms with E-state index < -0.39 is 0 Å². The molecule has 1 N–H and O–H groups in total. The lowest BCUT2D eigenvalue weighted by molar-refractivity contribution is 0.0953. The van der Waals surface area contributed by atoms with Crippen molar-refractivity contribution in [2.45, 2.75) is 46.1 Å². The number of rotatable bonds is 11. The van der Waals surface area contributed by atoms with E-state index >= 15 is 0 Å². The number of nitrogens with zero attached hydrogens (tertiary/aromatic N) is 2. The van der Waals surface area contributed by atoms with Crippen LogP contribution in [0.1, 0.15) is 46.6 Å². The Hall–Kier alpha value is -3.38. The fourth-order valence-electron chi connectivity index (χ4n) is 4.30. The molecule has 0 saturated carbocycles. The van der Waals surface area contributed by atoms with Crippen molar-refractivity contribution in [3.63, 3.8) is 0 Å². The predicted octanol–water partition coefficient (Wildman–Crippen LogP) is 6.67. The number of aryl methyl sites for hydroxylation is 3. The van der Waals surface area contributed by atoms with E-state index in [0.29, 0.717) is 25.3 Å². The number of hydrogen-bond acceptors (Lipinski definition) is 3. The molecule has 5 nitrogen and oxygen atoms in total. The normalized spacial score (nSPS) is 11.1. The van der Waals surface area contributed by atoms with E-state index in [0.717, 1.165) is 64.4 Å². The third-order valence-electron chi connectivity index (χ3n) is 6.20. The molecule has 1 amide bonds. The van der Waals surface area contributed by atoms with Gasteiger partial charge in [0.05, 0.1) is 17.6 Å². The smallest absolute Gasteiger partial charge is 0.251 e. The number of imidazole rings is 1. The third-order valence-corrected chi connectivity index (χ3v) is 6.79. The maximum Gasteiger partial charge on any atom is 0.251 e. The molecule has 4 aromatic rings. The number of amides is 1. The highest BCUT2D eigenvalue weighted by Gasteiger charge is 2.11. The Balaban J connectivity index is 1.29. The van der Waals surface area contributed by atoms with Gasteiger partial charge >= 0.3 is 0 Å². The Morgan fingerprint density at radius 2 is 1.75 bits per heavy atom. The predicted molar refractivity (Wildman–Crippen MR) is 142 cm³/mol. The van der Waals surface area contributed by atoms with Gasteiger partial charge in [0.15, 0.2) is 0 Å². The average molecular weight is 508 g/mol. The number of fused-ring (bicyclic) bond motifs is 1. The minimum absolute atomic E-state index is 0.178. The van der Waals surface area contributed by atoms with Gasteiger partial charge in [-0.3, -0.25) is 4.79 Å². The van der Waals surface area contributed by atoms with Gasteiger partial charge in [0.1, 0.15) is 24.0 Å². The molecule has 0 aliphatic carbocycles. The van der Waals surface area contributed by atoms with Gasteiger partial charge < -0.3 is 14.6 Å². The number of nitrogens with one attached hydrogen (secondary N) is 1. The molecule has 188 valence electrons. The molecule has 0 spiro atoms. The first-order valence-corrected chi connectivity index (χ1v) is 12.7.